The highest BCUT2D eigenvalue weighted by Crippen LogP contribution is 2.27. The van der Waals surface area contributed by atoms with Crippen LogP contribution in [0.4, 0.5) is 0 Å². The van der Waals surface area contributed by atoms with E-state index in [2.05, 4.69) is 0 Å². The van der Waals surface area contributed by atoms with E-state index in [1.807, 2.05) is 25.1 Å². The first-order valence-electron chi connectivity index (χ1n) is 5.94. The van der Waals surface area contributed by atoms with Gasteiger partial charge in [-0.3, -0.25) is 0 Å². The lowest BCUT2D eigenvalue weighted by molar-refractivity contribution is 0.373. The Morgan fingerprint density at radius 3 is 2.37 bits per heavy atom. The minimum Gasteiger partial charge on any atom is -0.508 e. The van der Waals surface area contributed by atoms with Crippen LogP contribution in [0.15, 0.2) is 36.4 Å². The summed E-state index contributed by atoms with van der Waals surface area (Å²) in [5, 5.41) is 19.0. The highest BCUT2D eigenvalue weighted by atomic mass is 16.5. The van der Waals surface area contributed by atoms with Crippen LogP contribution in [0, 0.1) is 6.92 Å². The Morgan fingerprint density at radius 1 is 0.947 bits per heavy atom. The molecule has 0 aromatic heterocycles. The number of aryl methyl sites for hydroxylation is 1. The Morgan fingerprint density at radius 2 is 1.68 bits per heavy atom. The van der Waals surface area contributed by atoms with E-state index in [1.54, 1.807) is 30.3 Å². The number of hydrogen-bond acceptors (Lipinski definition) is 3. The monoisotopic (exact) mass is 256 g/mol. The third kappa shape index (κ3) is 3.28. The molecule has 0 saturated heterocycles. The number of benzene rings is 2. The molecule has 0 aliphatic rings. The van der Waals surface area contributed by atoms with Crippen LogP contribution < -0.4 is 4.74 Å². The van der Waals surface area contributed by atoms with Crippen molar-refractivity contribution in [2.75, 3.05) is 7.11 Å². The zero-order valence-corrected chi connectivity index (χ0v) is 10.9. The van der Waals surface area contributed by atoms with Gasteiger partial charge in [0.05, 0.1) is 7.11 Å². The molecule has 3 heteroatoms. The molecule has 0 radical (unpaired) electrons. The van der Waals surface area contributed by atoms with Gasteiger partial charge in [0.2, 0.25) is 0 Å². The van der Waals surface area contributed by atoms with Crippen molar-refractivity contribution in [3.8, 4) is 17.2 Å². The van der Waals surface area contributed by atoms with Crippen molar-refractivity contribution in [3.05, 3.63) is 53.1 Å². The fourth-order valence-corrected chi connectivity index (χ4v) is 1.88. The number of rotatable bonds is 3. The molecular formula is C16H16O3. The molecule has 0 heterocycles. The van der Waals surface area contributed by atoms with Crippen LogP contribution in [-0.2, 0) is 0 Å². The average Bonchev–Trinajstić information content (AvgIpc) is 2.36. The summed E-state index contributed by atoms with van der Waals surface area (Å²) in [6.07, 6.45) is 3.80. The molecule has 98 valence electrons. The molecule has 0 fully saturated rings. The Hall–Kier alpha value is -2.42. The van der Waals surface area contributed by atoms with Crippen molar-refractivity contribution in [2.45, 2.75) is 6.92 Å². The van der Waals surface area contributed by atoms with Crippen molar-refractivity contribution in [2.24, 2.45) is 0 Å². The Balaban J connectivity index is 2.27. The SMILES string of the molecule is COc1cc(C=Cc2cc(C)cc(O)c2)ccc1O. The molecule has 2 aromatic carbocycles. The van der Waals surface area contributed by atoms with E-state index in [1.165, 1.54) is 7.11 Å². The molecule has 2 aromatic rings. The third-order valence-electron chi connectivity index (χ3n) is 2.76. The summed E-state index contributed by atoms with van der Waals surface area (Å²) in [6, 6.07) is 10.5. The van der Waals surface area contributed by atoms with Crippen LogP contribution >= 0.6 is 0 Å². The summed E-state index contributed by atoms with van der Waals surface area (Å²) in [6.45, 7) is 1.93. The molecule has 0 spiro atoms. The normalized spacial score (nSPS) is 10.8. The zero-order valence-electron chi connectivity index (χ0n) is 10.9. The lowest BCUT2D eigenvalue weighted by Crippen LogP contribution is -1.84. The predicted octanol–water partition coefficient (Wildman–Crippen LogP) is 3.59. The van der Waals surface area contributed by atoms with Crippen molar-refractivity contribution in [1.82, 2.24) is 0 Å². The van der Waals surface area contributed by atoms with E-state index in [9.17, 15) is 10.2 Å². The van der Waals surface area contributed by atoms with Crippen LogP contribution in [0.3, 0.4) is 0 Å². The fraction of sp³-hybridized carbons (Fsp3) is 0.125. The summed E-state index contributed by atoms with van der Waals surface area (Å²) < 4.78 is 5.05. The number of phenolic OH excluding ortho intramolecular Hbond substituents is 2. The molecule has 0 bridgehead atoms. The summed E-state index contributed by atoms with van der Waals surface area (Å²) in [7, 11) is 1.52. The van der Waals surface area contributed by atoms with Crippen molar-refractivity contribution in [3.63, 3.8) is 0 Å². The maximum Gasteiger partial charge on any atom is 0.161 e. The smallest absolute Gasteiger partial charge is 0.161 e. The average molecular weight is 256 g/mol. The van der Waals surface area contributed by atoms with Crippen molar-refractivity contribution in [1.29, 1.82) is 0 Å². The molecule has 0 saturated carbocycles. The van der Waals surface area contributed by atoms with E-state index < -0.39 is 0 Å². The van der Waals surface area contributed by atoms with E-state index in [0.717, 1.165) is 16.7 Å². The molecule has 2 N–H and O–H groups in total. The Labute approximate surface area is 112 Å². The Kier molecular flexibility index (Phi) is 3.76. The van der Waals surface area contributed by atoms with Crippen LogP contribution in [0.2, 0.25) is 0 Å². The van der Waals surface area contributed by atoms with Gasteiger partial charge in [-0.2, -0.15) is 0 Å². The molecular weight excluding hydrogens is 240 g/mol. The topological polar surface area (TPSA) is 49.7 Å². The summed E-state index contributed by atoms with van der Waals surface area (Å²) >= 11 is 0. The first-order chi connectivity index (χ1) is 9.08. The molecule has 0 unspecified atom stereocenters. The predicted molar refractivity (Wildman–Crippen MR) is 76.4 cm³/mol. The Bertz CT molecular complexity index is 595. The number of phenols is 2. The van der Waals surface area contributed by atoms with E-state index in [4.69, 9.17) is 4.74 Å². The zero-order chi connectivity index (χ0) is 13.8. The highest BCUT2D eigenvalue weighted by molar-refractivity contribution is 5.71. The molecule has 0 aliphatic carbocycles. The second kappa shape index (κ2) is 5.48. The van der Waals surface area contributed by atoms with Gasteiger partial charge in [0.1, 0.15) is 5.75 Å². The molecule has 2 rings (SSSR count). The third-order valence-corrected chi connectivity index (χ3v) is 2.76. The number of methoxy groups -OCH3 is 1. The van der Waals surface area contributed by atoms with Crippen LogP contribution in [-0.4, -0.2) is 17.3 Å². The molecule has 0 aliphatic heterocycles. The van der Waals surface area contributed by atoms with Gasteiger partial charge in [-0.15, -0.1) is 0 Å². The van der Waals surface area contributed by atoms with Crippen molar-refractivity contribution >= 4 is 12.2 Å². The van der Waals surface area contributed by atoms with Gasteiger partial charge in [-0.25, -0.2) is 0 Å². The maximum absolute atomic E-state index is 9.52. The standard InChI is InChI=1S/C16H16O3/c1-11-7-13(9-14(17)8-11)4-3-12-5-6-15(18)16(10-12)19-2/h3-10,17-18H,1-2H3. The highest BCUT2D eigenvalue weighted by Gasteiger charge is 2.00. The van der Waals surface area contributed by atoms with E-state index in [0.29, 0.717) is 5.75 Å². The van der Waals surface area contributed by atoms with Gasteiger partial charge in [0.15, 0.2) is 11.5 Å². The van der Waals surface area contributed by atoms with Gasteiger partial charge < -0.3 is 14.9 Å². The second-order valence-electron chi connectivity index (χ2n) is 4.37. The van der Waals surface area contributed by atoms with Gasteiger partial charge in [0, 0.05) is 0 Å². The second-order valence-corrected chi connectivity index (χ2v) is 4.37. The fourth-order valence-electron chi connectivity index (χ4n) is 1.88. The summed E-state index contributed by atoms with van der Waals surface area (Å²) in [5.74, 6) is 0.810. The first-order valence-corrected chi connectivity index (χ1v) is 5.94. The van der Waals surface area contributed by atoms with Crippen LogP contribution in [0.1, 0.15) is 16.7 Å². The van der Waals surface area contributed by atoms with Gasteiger partial charge in [-0.05, 0) is 47.9 Å². The van der Waals surface area contributed by atoms with Crippen LogP contribution in [0.5, 0.6) is 17.2 Å². The van der Waals surface area contributed by atoms with Crippen molar-refractivity contribution < 1.29 is 14.9 Å². The molecule has 19 heavy (non-hydrogen) atoms. The summed E-state index contributed by atoms with van der Waals surface area (Å²) in [4.78, 5) is 0. The first kappa shape index (κ1) is 13.0. The maximum atomic E-state index is 9.52. The van der Waals surface area contributed by atoms with Gasteiger partial charge in [0.25, 0.3) is 0 Å². The quantitative estimate of drug-likeness (QED) is 0.825. The largest absolute Gasteiger partial charge is 0.508 e. The number of hydrogen-bond donors (Lipinski definition) is 2. The minimum atomic E-state index is 0.118. The molecule has 0 atom stereocenters. The minimum absolute atomic E-state index is 0.118. The number of ether oxygens (including phenoxy) is 1. The van der Waals surface area contributed by atoms with Crippen LogP contribution in [0.25, 0.3) is 12.2 Å². The van der Waals surface area contributed by atoms with Gasteiger partial charge in [-0.1, -0.05) is 24.3 Å². The lowest BCUT2D eigenvalue weighted by atomic mass is 10.1. The van der Waals surface area contributed by atoms with E-state index >= 15 is 0 Å². The van der Waals surface area contributed by atoms with E-state index in [-0.39, 0.29) is 11.5 Å². The lowest BCUT2D eigenvalue weighted by Gasteiger charge is -2.04. The van der Waals surface area contributed by atoms with Gasteiger partial charge >= 0.3 is 0 Å². The molecule has 0 amide bonds. The molecule has 3 nitrogen and oxygen atoms in total. The number of aromatic hydroxyl groups is 2. The summed E-state index contributed by atoms with van der Waals surface area (Å²) in [5.41, 5.74) is 2.84.